The zero-order valence-corrected chi connectivity index (χ0v) is 19.7. The summed E-state index contributed by atoms with van der Waals surface area (Å²) in [6, 6.07) is 12.4. The van der Waals surface area contributed by atoms with E-state index in [-0.39, 0.29) is 16.8 Å². The molecule has 3 N–H and O–H groups in total. The van der Waals surface area contributed by atoms with E-state index in [1.807, 2.05) is 37.3 Å². The standard InChI is InChI=1S/C23H30N4O5S/c1-16-5-3-4-6-18(16)15-24-23(28)20-14-19(25-26-20)17-7-8-21(31-2)22(13-17)33(29,30)27-9-11-32-12-10-27/h3-8,13,19-20,25-26H,9-12,14-15H2,1-2H3,(H,24,28). The molecule has 0 bridgehead atoms. The average molecular weight is 475 g/mol. The Morgan fingerprint density at radius 1 is 1.18 bits per heavy atom. The third-order valence-electron chi connectivity index (χ3n) is 6.11. The van der Waals surface area contributed by atoms with Crippen molar-refractivity contribution < 1.29 is 22.7 Å². The highest BCUT2D eigenvalue weighted by molar-refractivity contribution is 7.89. The first kappa shape index (κ1) is 23.7. The Bertz CT molecular complexity index is 1100. The number of benzene rings is 2. The van der Waals surface area contributed by atoms with Gasteiger partial charge in [0.25, 0.3) is 0 Å². The average Bonchev–Trinajstić information content (AvgIpc) is 3.34. The molecular formula is C23H30N4O5S. The number of hydrogen-bond donors (Lipinski definition) is 3. The maximum atomic E-state index is 13.2. The monoisotopic (exact) mass is 474 g/mol. The molecule has 0 aliphatic carbocycles. The van der Waals surface area contributed by atoms with E-state index in [0.717, 1.165) is 16.7 Å². The summed E-state index contributed by atoms with van der Waals surface area (Å²) in [5.74, 6) is 0.187. The van der Waals surface area contributed by atoms with Crippen LogP contribution < -0.4 is 20.9 Å². The number of carbonyl (C=O) groups excluding carboxylic acids is 1. The van der Waals surface area contributed by atoms with E-state index < -0.39 is 16.1 Å². The minimum atomic E-state index is -3.73. The van der Waals surface area contributed by atoms with Crippen LogP contribution in [-0.4, -0.2) is 58.1 Å². The van der Waals surface area contributed by atoms with Gasteiger partial charge in [-0.2, -0.15) is 4.31 Å². The molecule has 2 aliphatic heterocycles. The van der Waals surface area contributed by atoms with Gasteiger partial charge >= 0.3 is 0 Å². The number of nitrogens with zero attached hydrogens (tertiary/aromatic N) is 1. The Hall–Kier alpha value is -2.50. The summed E-state index contributed by atoms with van der Waals surface area (Å²) >= 11 is 0. The molecule has 2 unspecified atom stereocenters. The zero-order chi connectivity index (χ0) is 23.4. The van der Waals surface area contributed by atoms with Gasteiger partial charge in [0.15, 0.2) is 0 Å². The summed E-state index contributed by atoms with van der Waals surface area (Å²) in [7, 11) is -2.27. The molecule has 2 aromatic rings. The molecule has 0 saturated carbocycles. The van der Waals surface area contributed by atoms with Crippen LogP contribution in [0.5, 0.6) is 5.75 Å². The zero-order valence-electron chi connectivity index (χ0n) is 18.8. The molecule has 0 radical (unpaired) electrons. The van der Waals surface area contributed by atoms with Crippen molar-refractivity contribution in [1.82, 2.24) is 20.5 Å². The van der Waals surface area contributed by atoms with Crippen molar-refractivity contribution in [1.29, 1.82) is 0 Å². The van der Waals surface area contributed by atoms with Crippen molar-refractivity contribution in [3.8, 4) is 5.75 Å². The quantitative estimate of drug-likeness (QED) is 0.554. The van der Waals surface area contributed by atoms with E-state index in [1.54, 1.807) is 12.1 Å². The third-order valence-corrected chi connectivity index (χ3v) is 8.03. The van der Waals surface area contributed by atoms with Gasteiger partial charge in [0.1, 0.15) is 16.7 Å². The van der Waals surface area contributed by atoms with Gasteiger partial charge in [-0.3, -0.25) is 4.79 Å². The predicted octanol–water partition coefficient (Wildman–Crippen LogP) is 1.25. The van der Waals surface area contributed by atoms with Crippen LogP contribution in [0.1, 0.15) is 29.2 Å². The smallest absolute Gasteiger partial charge is 0.246 e. The molecule has 2 aliphatic rings. The highest BCUT2D eigenvalue weighted by Crippen LogP contribution is 2.32. The lowest BCUT2D eigenvalue weighted by Crippen LogP contribution is -2.42. The van der Waals surface area contributed by atoms with E-state index in [0.29, 0.717) is 45.0 Å². The van der Waals surface area contributed by atoms with Crippen molar-refractivity contribution >= 4 is 15.9 Å². The molecule has 178 valence electrons. The van der Waals surface area contributed by atoms with Crippen LogP contribution >= 0.6 is 0 Å². The number of amides is 1. The van der Waals surface area contributed by atoms with Gasteiger partial charge in [0.05, 0.1) is 20.3 Å². The van der Waals surface area contributed by atoms with Crippen molar-refractivity contribution in [3.05, 3.63) is 59.2 Å². The summed E-state index contributed by atoms with van der Waals surface area (Å²) in [4.78, 5) is 12.8. The van der Waals surface area contributed by atoms with Crippen LogP contribution in [0.2, 0.25) is 0 Å². The number of hydrogen-bond acceptors (Lipinski definition) is 7. The highest BCUT2D eigenvalue weighted by Gasteiger charge is 2.33. The molecular weight excluding hydrogens is 444 g/mol. The molecule has 2 atom stereocenters. The fraction of sp³-hybridized carbons (Fsp3) is 0.435. The van der Waals surface area contributed by atoms with E-state index in [4.69, 9.17) is 9.47 Å². The van der Waals surface area contributed by atoms with Crippen LogP contribution in [-0.2, 0) is 26.1 Å². The minimum absolute atomic E-state index is 0.108. The minimum Gasteiger partial charge on any atom is -0.495 e. The first-order valence-corrected chi connectivity index (χ1v) is 12.4. The molecule has 2 fully saturated rings. The van der Waals surface area contributed by atoms with E-state index in [1.165, 1.54) is 11.4 Å². The molecule has 2 saturated heterocycles. The highest BCUT2D eigenvalue weighted by atomic mass is 32.2. The van der Waals surface area contributed by atoms with Crippen molar-refractivity contribution in [2.24, 2.45) is 0 Å². The van der Waals surface area contributed by atoms with Gasteiger partial charge in [0.2, 0.25) is 15.9 Å². The lowest BCUT2D eigenvalue weighted by molar-refractivity contribution is -0.123. The molecule has 4 rings (SSSR count). The molecule has 2 aromatic carbocycles. The van der Waals surface area contributed by atoms with Crippen molar-refractivity contribution in [3.63, 3.8) is 0 Å². The Morgan fingerprint density at radius 3 is 2.67 bits per heavy atom. The molecule has 9 nitrogen and oxygen atoms in total. The number of hydrazine groups is 1. The van der Waals surface area contributed by atoms with Gasteiger partial charge < -0.3 is 14.8 Å². The first-order valence-electron chi connectivity index (χ1n) is 11.0. The van der Waals surface area contributed by atoms with Gasteiger partial charge in [-0.05, 0) is 42.2 Å². The second kappa shape index (κ2) is 10.2. The Kier molecular flexibility index (Phi) is 7.30. The third kappa shape index (κ3) is 5.20. The van der Waals surface area contributed by atoms with Crippen LogP contribution in [0.15, 0.2) is 47.4 Å². The summed E-state index contributed by atoms with van der Waals surface area (Å²) in [5, 5.41) is 2.97. The number of sulfonamides is 1. The molecule has 10 heteroatoms. The maximum Gasteiger partial charge on any atom is 0.246 e. The number of nitrogens with one attached hydrogen (secondary N) is 3. The normalized spacial score (nSPS) is 21.6. The number of methoxy groups -OCH3 is 1. The Balaban J connectivity index is 1.46. The number of rotatable bonds is 7. The number of ether oxygens (including phenoxy) is 2. The fourth-order valence-corrected chi connectivity index (χ4v) is 5.70. The first-order chi connectivity index (χ1) is 15.9. The summed E-state index contributed by atoms with van der Waals surface area (Å²) in [5.41, 5.74) is 9.13. The van der Waals surface area contributed by atoms with E-state index in [2.05, 4.69) is 16.2 Å². The second-order valence-electron chi connectivity index (χ2n) is 8.20. The van der Waals surface area contributed by atoms with E-state index >= 15 is 0 Å². The van der Waals surface area contributed by atoms with Crippen LogP contribution in [0.4, 0.5) is 0 Å². The van der Waals surface area contributed by atoms with Crippen LogP contribution in [0.25, 0.3) is 0 Å². The SMILES string of the molecule is COc1ccc(C2CC(C(=O)NCc3ccccc3C)NN2)cc1S(=O)(=O)N1CCOCC1. The van der Waals surface area contributed by atoms with Gasteiger partial charge in [-0.1, -0.05) is 30.3 Å². The van der Waals surface area contributed by atoms with E-state index in [9.17, 15) is 13.2 Å². The lowest BCUT2D eigenvalue weighted by Gasteiger charge is -2.27. The topological polar surface area (TPSA) is 109 Å². The largest absolute Gasteiger partial charge is 0.495 e. The Labute approximate surface area is 194 Å². The molecule has 1 amide bonds. The van der Waals surface area contributed by atoms with Crippen molar-refractivity contribution in [2.45, 2.75) is 36.9 Å². The molecule has 2 heterocycles. The summed E-state index contributed by atoms with van der Waals surface area (Å²) < 4.78 is 38.5. The number of carbonyl (C=O) groups is 1. The summed E-state index contributed by atoms with van der Waals surface area (Å²) in [6.45, 7) is 3.82. The van der Waals surface area contributed by atoms with Gasteiger partial charge in [-0.15, -0.1) is 0 Å². The lowest BCUT2D eigenvalue weighted by atomic mass is 10.0. The maximum absolute atomic E-state index is 13.2. The number of aryl methyl sites for hydroxylation is 1. The molecule has 0 aromatic heterocycles. The molecule has 0 spiro atoms. The predicted molar refractivity (Wildman–Crippen MR) is 123 cm³/mol. The Morgan fingerprint density at radius 2 is 1.94 bits per heavy atom. The summed E-state index contributed by atoms with van der Waals surface area (Å²) in [6.07, 6.45) is 0.489. The second-order valence-corrected chi connectivity index (χ2v) is 10.1. The van der Waals surface area contributed by atoms with Gasteiger partial charge in [0, 0.05) is 25.7 Å². The number of morpholine rings is 1. The molecule has 33 heavy (non-hydrogen) atoms. The van der Waals surface area contributed by atoms with Crippen molar-refractivity contribution in [2.75, 3.05) is 33.4 Å². The van der Waals surface area contributed by atoms with Crippen LogP contribution in [0, 0.1) is 6.92 Å². The van der Waals surface area contributed by atoms with Crippen LogP contribution in [0.3, 0.4) is 0 Å². The fourth-order valence-electron chi connectivity index (χ4n) is 4.10. The van der Waals surface area contributed by atoms with Gasteiger partial charge in [-0.25, -0.2) is 19.3 Å².